The van der Waals surface area contributed by atoms with E-state index in [1.807, 2.05) is 24.4 Å². The minimum Gasteiger partial charge on any atom is -0.356 e. The van der Waals surface area contributed by atoms with Crippen molar-refractivity contribution in [2.45, 2.75) is 26.2 Å². The van der Waals surface area contributed by atoms with Gasteiger partial charge in [0.15, 0.2) is 5.96 Å². The van der Waals surface area contributed by atoms with E-state index in [-0.39, 0.29) is 0 Å². The fourth-order valence-corrected chi connectivity index (χ4v) is 1.98. The van der Waals surface area contributed by atoms with Crippen molar-refractivity contribution in [2.75, 3.05) is 40.3 Å². The van der Waals surface area contributed by atoms with Crippen LogP contribution in [-0.2, 0) is 6.42 Å². The summed E-state index contributed by atoms with van der Waals surface area (Å²) in [5.74, 6) is 0.856. The molecule has 0 radical (unpaired) electrons. The molecule has 0 saturated heterocycles. The monoisotopic (exact) mass is 291 g/mol. The lowest BCUT2D eigenvalue weighted by molar-refractivity contribution is 0.332. The van der Waals surface area contributed by atoms with E-state index >= 15 is 0 Å². The molecule has 0 amide bonds. The summed E-state index contributed by atoms with van der Waals surface area (Å²) in [6, 6.07) is 5.99. The Morgan fingerprint density at radius 2 is 2.05 bits per heavy atom. The summed E-state index contributed by atoms with van der Waals surface area (Å²) in [6.07, 6.45) is 5.23. The normalized spacial score (nSPS) is 11.7. The Morgan fingerprint density at radius 1 is 1.24 bits per heavy atom. The van der Waals surface area contributed by atoms with E-state index in [2.05, 4.69) is 39.5 Å². The van der Waals surface area contributed by atoms with Crippen molar-refractivity contribution in [1.82, 2.24) is 20.5 Å². The predicted octanol–water partition coefficient (Wildman–Crippen LogP) is 1.52. The molecule has 21 heavy (non-hydrogen) atoms. The van der Waals surface area contributed by atoms with Crippen LogP contribution in [0.3, 0.4) is 0 Å². The molecule has 1 aromatic rings. The molecule has 1 heterocycles. The molecule has 1 aromatic heterocycles. The molecular weight excluding hydrogens is 262 g/mol. The van der Waals surface area contributed by atoms with Gasteiger partial charge in [0.25, 0.3) is 0 Å². The number of likely N-dealkylation sites (N-methyl/N-ethyl adjacent to an activating group) is 1. The lowest BCUT2D eigenvalue weighted by Crippen LogP contribution is -2.41. The number of nitrogens with one attached hydrogen (secondary N) is 2. The molecule has 5 nitrogen and oxygen atoms in total. The largest absolute Gasteiger partial charge is 0.356 e. The van der Waals surface area contributed by atoms with Gasteiger partial charge < -0.3 is 15.5 Å². The Kier molecular flexibility index (Phi) is 9.20. The van der Waals surface area contributed by atoms with Gasteiger partial charge in [-0.1, -0.05) is 19.4 Å². The van der Waals surface area contributed by atoms with Gasteiger partial charge in [-0.25, -0.2) is 0 Å². The van der Waals surface area contributed by atoms with Crippen LogP contribution < -0.4 is 10.6 Å². The van der Waals surface area contributed by atoms with Crippen LogP contribution in [0.1, 0.15) is 25.5 Å². The number of hydrogen-bond donors (Lipinski definition) is 2. The molecular formula is C16H29N5. The van der Waals surface area contributed by atoms with Crippen molar-refractivity contribution >= 4 is 5.96 Å². The first-order chi connectivity index (χ1) is 10.3. The third-order valence-electron chi connectivity index (χ3n) is 3.30. The molecule has 0 atom stereocenters. The van der Waals surface area contributed by atoms with Crippen LogP contribution in [-0.4, -0.2) is 56.1 Å². The number of pyridine rings is 1. The highest BCUT2D eigenvalue weighted by Crippen LogP contribution is 1.93. The van der Waals surface area contributed by atoms with Gasteiger partial charge in [0.1, 0.15) is 0 Å². The van der Waals surface area contributed by atoms with Crippen molar-refractivity contribution in [3.63, 3.8) is 0 Å². The molecule has 0 bridgehead atoms. The Morgan fingerprint density at radius 3 is 2.71 bits per heavy atom. The topological polar surface area (TPSA) is 52.5 Å². The smallest absolute Gasteiger partial charge is 0.191 e. The highest BCUT2D eigenvalue weighted by molar-refractivity contribution is 5.79. The van der Waals surface area contributed by atoms with Crippen LogP contribution in [0.15, 0.2) is 29.4 Å². The zero-order valence-electron chi connectivity index (χ0n) is 13.6. The Balaban J connectivity index is 2.14. The molecule has 1 rings (SSSR count). The van der Waals surface area contributed by atoms with E-state index in [1.54, 1.807) is 7.05 Å². The van der Waals surface area contributed by atoms with Gasteiger partial charge in [0.2, 0.25) is 0 Å². The first-order valence-electron chi connectivity index (χ1n) is 7.79. The molecule has 0 saturated carbocycles. The predicted molar refractivity (Wildman–Crippen MR) is 89.7 cm³/mol. The van der Waals surface area contributed by atoms with Gasteiger partial charge in [0, 0.05) is 45.0 Å². The fraction of sp³-hybridized carbons (Fsp3) is 0.625. The van der Waals surface area contributed by atoms with Crippen molar-refractivity contribution in [3.8, 4) is 0 Å². The van der Waals surface area contributed by atoms with Gasteiger partial charge in [-0.05, 0) is 32.1 Å². The summed E-state index contributed by atoms with van der Waals surface area (Å²) in [7, 11) is 3.96. The van der Waals surface area contributed by atoms with Crippen LogP contribution in [0.4, 0.5) is 0 Å². The Labute approximate surface area is 128 Å². The van der Waals surface area contributed by atoms with Gasteiger partial charge in [-0.2, -0.15) is 0 Å². The number of hydrogen-bond acceptors (Lipinski definition) is 3. The third-order valence-corrected chi connectivity index (χ3v) is 3.30. The molecule has 0 spiro atoms. The second-order valence-corrected chi connectivity index (χ2v) is 5.15. The lowest BCUT2D eigenvalue weighted by Gasteiger charge is -2.17. The average Bonchev–Trinajstić information content (AvgIpc) is 2.52. The maximum atomic E-state index is 4.31. The van der Waals surface area contributed by atoms with Crippen LogP contribution in [0.25, 0.3) is 0 Å². The zero-order chi connectivity index (χ0) is 15.3. The number of unbranched alkanes of at least 4 members (excludes halogenated alkanes) is 1. The quantitative estimate of drug-likeness (QED) is 0.535. The van der Waals surface area contributed by atoms with E-state index < -0.39 is 0 Å². The van der Waals surface area contributed by atoms with Crippen LogP contribution in [0, 0.1) is 0 Å². The molecule has 5 heteroatoms. The number of aliphatic imine (C=N–C) groups is 1. The summed E-state index contributed by atoms with van der Waals surface area (Å²) in [4.78, 5) is 10.9. The Bertz CT molecular complexity index is 391. The summed E-state index contributed by atoms with van der Waals surface area (Å²) < 4.78 is 0. The highest BCUT2D eigenvalue weighted by Gasteiger charge is 2.00. The van der Waals surface area contributed by atoms with Crippen molar-refractivity contribution in [3.05, 3.63) is 30.1 Å². The van der Waals surface area contributed by atoms with Crippen LogP contribution >= 0.6 is 0 Å². The molecule has 0 fully saturated rings. The third kappa shape index (κ3) is 8.30. The number of nitrogens with zero attached hydrogens (tertiary/aromatic N) is 3. The van der Waals surface area contributed by atoms with E-state index in [0.29, 0.717) is 0 Å². The first kappa shape index (κ1) is 17.4. The van der Waals surface area contributed by atoms with Crippen LogP contribution in [0.2, 0.25) is 0 Å². The van der Waals surface area contributed by atoms with Gasteiger partial charge in [-0.15, -0.1) is 0 Å². The van der Waals surface area contributed by atoms with Gasteiger partial charge in [-0.3, -0.25) is 9.98 Å². The summed E-state index contributed by atoms with van der Waals surface area (Å²) in [6.45, 7) is 6.15. The van der Waals surface area contributed by atoms with E-state index in [4.69, 9.17) is 0 Å². The van der Waals surface area contributed by atoms with Gasteiger partial charge in [0.05, 0.1) is 0 Å². The maximum Gasteiger partial charge on any atom is 0.191 e. The molecule has 0 aliphatic heterocycles. The summed E-state index contributed by atoms with van der Waals surface area (Å²) in [5, 5.41) is 6.66. The fourth-order valence-electron chi connectivity index (χ4n) is 1.98. The number of aromatic nitrogens is 1. The molecule has 0 unspecified atom stereocenters. The maximum absolute atomic E-state index is 4.31. The molecule has 118 valence electrons. The minimum absolute atomic E-state index is 0.836. The standard InChI is InChI=1S/C16H29N5/c1-4-5-13-21(3)14-12-20-16(17-2)19-11-9-15-8-6-7-10-18-15/h6-8,10H,4-5,9,11-14H2,1-3H3,(H2,17,19,20). The number of rotatable bonds is 9. The van der Waals surface area contributed by atoms with Crippen LogP contribution in [0.5, 0.6) is 0 Å². The van der Waals surface area contributed by atoms with E-state index in [1.165, 1.54) is 12.8 Å². The SMILES string of the molecule is CCCCN(C)CCNC(=NC)NCCc1ccccn1. The van der Waals surface area contributed by atoms with Gasteiger partial charge >= 0.3 is 0 Å². The average molecular weight is 291 g/mol. The molecule has 0 aliphatic rings. The van der Waals surface area contributed by atoms with Crippen molar-refractivity contribution in [1.29, 1.82) is 0 Å². The molecule has 0 aliphatic carbocycles. The number of guanidine groups is 1. The first-order valence-corrected chi connectivity index (χ1v) is 7.79. The van der Waals surface area contributed by atoms with Crippen molar-refractivity contribution in [2.24, 2.45) is 4.99 Å². The Hall–Kier alpha value is -1.62. The minimum atomic E-state index is 0.836. The summed E-state index contributed by atoms with van der Waals surface area (Å²) in [5.41, 5.74) is 1.10. The van der Waals surface area contributed by atoms with Crippen molar-refractivity contribution < 1.29 is 0 Å². The molecule has 2 N–H and O–H groups in total. The van der Waals surface area contributed by atoms with E-state index in [9.17, 15) is 0 Å². The summed E-state index contributed by atoms with van der Waals surface area (Å²) >= 11 is 0. The zero-order valence-corrected chi connectivity index (χ0v) is 13.6. The second-order valence-electron chi connectivity index (χ2n) is 5.15. The second kappa shape index (κ2) is 11.1. The highest BCUT2D eigenvalue weighted by atomic mass is 15.2. The lowest BCUT2D eigenvalue weighted by atomic mass is 10.3. The molecule has 0 aromatic carbocycles. The van der Waals surface area contributed by atoms with E-state index in [0.717, 1.165) is 44.3 Å².